The van der Waals surface area contributed by atoms with Crippen LogP contribution in [0.5, 0.6) is 0 Å². The normalized spacial score (nSPS) is 21.7. The van der Waals surface area contributed by atoms with Gasteiger partial charge < -0.3 is 15.0 Å². The highest BCUT2D eigenvalue weighted by Gasteiger charge is 2.46. The van der Waals surface area contributed by atoms with E-state index in [4.69, 9.17) is 9.84 Å². The van der Waals surface area contributed by atoms with Crippen LogP contribution in [0, 0.1) is 17.2 Å². The summed E-state index contributed by atoms with van der Waals surface area (Å²) in [5, 5.41) is 17.8. The van der Waals surface area contributed by atoms with Gasteiger partial charge in [0.2, 0.25) is 10.0 Å². The van der Waals surface area contributed by atoms with Crippen LogP contribution in [0.1, 0.15) is 50.6 Å². The van der Waals surface area contributed by atoms with Gasteiger partial charge in [0.05, 0.1) is 28.9 Å². The SMILES string of the molecule is CC1(N2Cc3cc(Nc4nn(C(CC#N)C5CC5)c5cc[nH]c(=O)c45)ccc3S2(=O)=O)CCOCC1. The molecule has 11 heteroatoms. The van der Waals surface area contributed by atoms with E-state index in [0.717, 1.165) is 12.8 Å². The molecule has 1 saturated carbocycles. The Morgan fingerprint density at radius 3 is 2.81 bits per heavy atom. The smallest absolute Gasteiger partial charge is 0.261 e. The molecular formula is C25H28N6O4S. The van der Waals surface area contributed by atoms with Crippen molar-refractivity contribution < 1.29 is 13.2 Å². The zero-order valence-electron chi connectivity index (χ0n) is 20.0. The summed E-state index contributed by atoms with van der Waals surface area (Å²) in [5.74, 6) is 0.770. The van der Waals surface area contributed by atoms with Gasteiger partial charge in [0.1, 0.15) is 5.39 Å². The first-order chi connectivity index (χ1) is 17.3. The predicted octanol–water partition coefficient (Wildman–Crippen LogP) is 3.41. The van der Waals surface area contributed by atoms with Crippen LogP contribution in [-0.4, -0.2) is 46.2 Å². The van der Waals surface area contributed by atoms with Gasteiger partial charge in [-0.25, -0.2) is 8.42 Å². The van der Waals surface area contributed by atoms with Crippen molar-refractivity contribution in [1.82, 2.24) is 19.1 Å². The molecule has 1 aromatic carbocycles. The van der Waals surface area contributed by atoms with Crippen molar-refractivity contribution in [3.63, 3.8) is 0 Å². The topological polar surface area (TPSA) is 133 Å². The van der Waals surface area contributed by atoms with Crippen LogP contribution in [0.2, 0.25) is 0 Å². The lowest BCUT2D eigenvalue weighted by Gasteiger charge is -2.40. The number of aromatic nitrogens is 3. The number of nitrogens with one attached hydrogen (secondary N) is 2. The van der Waals surface area contributed by atoms with Crippen LogP contribution in [0.3, 0.4) is 0 Å². The highest BCUT2D eigenvalue weighted by atomic mass is 32.2. The molecule has 1 atom stereocenters. The molecule has 3 aromatic rings. The standard InChI is InChI=1S/C25H28N6O4S/c1-25(8-12-35-13-9-25)30-15-17-14-18(4-5-21(17)36(30,33)34)28-23-22-20(7-11-27-24(22)32)31(29-23)19(6-10-26)16-2-3-16/h4-5,7,11,14,16,19H,2-3,6,8-9,12-13,15H2,1H3,(H,27,32)(H,28,29). The van der Waals surface area contributed by atoms with Crippen LogP contribution in [0.15, 0.2) is 40.2 Å². The van der Waals surface area contributed by atoms with E-state index in [1.807, 2.05) is 19.1 Å². The molecule has 0 bridgehead atoms. The number of H-pyrrole nitrogens is 1. The van der Waals surface area contributed by atoms with Gasteiger partial charge >= 0.3 is 0 Å². The molecule has 2 aliphatic heterocycles. The number of benzene rings is 1. The van der Waals surface area contributed by atoms with Gasteiger partial charge in [-0.05, 0) is 68.4 Å². The summed E-state index contributed by atoms with van der Waals surface area (Å²) in [6.07, 6.45) is 5.31. The van der Waals surface area contributed by atoms with Crippen LogP contribution in [0.4, 0.5) is 11.5 Å². The summed E-state index contributed by atoms with van der Waals surface area (Å²) in [6.45, 7) is 3.37. The molecule has 2 N–H and O–H groups in total. The first-order valence-corrected chi connectivity index (χ1v) is 13.7. The molecule has 0 amide bonds. The molecule has 1 aliphatic carbocycles. The second-order valence-electron chi connectivity index (χ2n) is 10.2. The van der Waals surface area contributed by atoms with Gasteiger partial charge in [-0.2, -0.15) is 14.7 Å². The van der Waals surface area contributed by atoms with E-state index in [1.54, 1.807) is 27.3 Å². The van der Waals surface area contributed by atoms with E-state index in [-0.39, 0.29) is 11.6 Å². The van der Waals surface area contributed by atoms with Crippen molar-refractivity contribution >= 4 is 32.4 Å². The summed E-state index contributed by atoms with van der Waals surface area (Å²) in [5.41, 5.74) is 1.29. The van der Waals surface area contributed by atoms with Crippen LogP contribution in [-0.2, 0) is 21.3 Å². The zero-order valence-corrected chi connectivity index (χ0v) is 20.8. The molecular weight excluding hydrogens is 480 g/mol. The number of ether oxygens (including phenoxy) is 1. The Labute approximate surface area is 208 Å². The highest BCUT2D eigenvalue weighted by molar-refractivity contribution is 7.89. The van der Waals surface area contributed by atoms with Crippen molar-refractivity contribution in [3.05, 3.63) is 46.4 Å². The lowest BCUT2D eigenvalue weighted by atomic mass is 9.92. The van der Waals surface area contributed by atoms with Crippen LogP contribution < -0.4 is 10.9 Å². The van der Waals surface area contributed by atoms with Gasteiger partial charge in [0, 0.05) is 37.2 Å². The van der Waals surface area contributed by atoms with Crippen LogP contribution >= 0.6 is 0 Å². The summed E-state index contributed by atoms with van der Waals surface area (Å²) in [4.78, 5) is 15.8. The van der Waals surface area contributed by atoms with Gasteiger partial charge in [-0.15, -0.1) is 0 Å². The molecule has 10 nitrogen and oxygen atoms in total. The maximum absolute atomic E-state index is 13.4. The fourth-order valence-electron chi connectivity index (χ4n) is 5.54. The molecule has 1 saturated heterocycles. The maximum Gasteiger partial charge on any atom is 0.261 e. The van der Waals surface area contributed by atoms with Crippen molar-refractivity contribution in [2.45, 2.75) is 62.0 Å². The Kier molecular flexibility index (Phi) is 5.44. The molecule has 3 aliphatic rings. The fraction of sp³-hybridized carbons (Fsp3) is 0.480. The molecule has 1 unspecified atom stereocenters. The lowest BCUT2D eigenvalue weighted by molar-refractivity contribution is 0.0138. The zero-order chi connectivity index (χ0) is 25.1. The Bertz CT molecular complexity index is 1540. The Morgan fingerprint density at radius 1 is 1.31 bits per heavy atom. The molecule has 2 fully saturated rings. The summed E-state index contributed by atoms with van der Waals surface area (Å²) < 4.78 is 35.6. The van der Waals surface area contributed by atoms with Crippen molar-refractivity contribution in [2.24, 2.45) is 5.92 Å². The Morgan fingerprint density at radius 2 is 2.08 bits per heavy atom. The van der Waals surface area contributed by atoms with E-state index in [9.17, 15) is 18.5 Å². The molecule has 4 heterocycles. The number of sulfonamides is 1. The number of hydrogen-bond donors (Lipinski definition) is 2. The molecule has 188 valence electrons. The lowest BCUT2D eigenvalue weighted by Crippen LogP contribution is -2.49. The Balaban J connectivity index is 1.36. The molecule has 36 heavy (non-hydrogen) atoms. The van der Waals surface area contributed by atoms with E-state index in [1.165, 1.54) is 0 Å². The minimum absolute atomic E-state index is 0.0891. The minimum atomic E-state index is -3.61. The van der Waals surface area contributed by atoms with E-state index in [2.05, 4.69) is 16.4 Å². The van der Waals surface area contributed by atoms with Gasteiger partial charge in [-0.1, -0.05) is 0 Å². The number of pyridine rings is 1. The van der Waals surface area contributed by atoms with E-state index >= 15 is 0 Å². The van der Waals surface area contributed by atoms with Crippen molar-refractivity contribution in [1.29, 1.82) is 5.26 Å². The second kappa shape index (κ2) is 8.44. The summed E-state index contributed by atoms with van der Waals surface area (Å²) in [6, 6.07) is 9.14. The molecule has 2 aromatic heterocycles. The number of anilines is 2. The highest BCUT2D eigenvalue weighted by Crippen LogP contribution is 2.44. The average molecular weight is 509 g/mol. The van der Waals surface area contributed by atoms with E-state index < -0.39 is 15.6 Å². The van der Waals surface area contributed by atoms with Crippen molar-refractivity contribution in [2.75, 3.05) is 18.5 Å². The monoisotopic (exact) mass is 508 g/mol. The first-order valence-electron chi connectivity index (χ1n) is 12.3. The fourth-order valence-corrected chi connectivity index (χ4v) is 7.54. The molecule has 0 radical (unpaired) electrons. The number of hydrogen-bond acceptors (Lipinski definition) is 7. The largest absolute Gasteiger partial charge is 0.381 e. The second-order valence-corrected chi connectivity index (χ2v) is 12.0. The third-order valence-electron chi connectivity index (χ3n) is 7.79. The van der Waals surface area contributed by atoms with Crippen molar-refractivity contribution in [3.8, 4) is 6.07 Å². The summed E-state index contributed by atoms with van der Waals surface area (Å²) >= 11 is 0. The number of nitrogens with zero attached hydrogens (tertiary/aromatic N) is 4. The summed E-state index contributed by atoms with van der Waals surface area (Å²) in [7, 11) is -3.61. The number of fused-ring (bicyclic) bond motifs is 2. The maximum atomic E-state index is 13.4. The van der Waals surface area contributed by atoms with E-state index in [0.29, 0.717) is 77.8 Å². The Hall–Kier alpha value is -3.20. The average Bonchev–Trinajstić information content (AvgIpc) is 3.57. The predicted molar refractivity (Wildman–Crippen MR) is 133 cm³/mol. The van der Waals surface area contributed by atoms with Gasteiger partial charge in [-0.3, -0.25) is 9.48 Å². The number of nitriles is 1. The van der Waals surface area contributed by atoms with Gasteiger partial charge in [0.25, 0.3) is 5.56 Å². The van der Waals surface area contributed by atoms with Gasteiger partial charge in [0.15, 0.2) is 5.82 Å². The number of rotatable bonds is 6. The molecule has 0 spiro atoms. The molecule has 6 rings (SSSR count). The first kappa shape index (κ1) is 23.2. The van der Waals surface area contributed by atoms with Crippen LogP contribution in [0.25, 0.3) is 10.9 Å². The third-order valence-corrected chi connectivity index (χ3v) is 9.89. The third kappa shape index (κ3) is 3.72. The number of aromatic amines is 1. The minimum Gasteiger partial charge on any atom is -0.381 e. The quantitative estimate of drug-likeness (QED) is 0.521.